The molecule has 1 aromatic carbocycles. The van der Waals surface area contributed by atoms with E-state index >= 15 is 0 Å². The third kappa shape index (κ3) is 4.28. The maximum Gasteiger partial charge on any atom is 0.276 e. The van der Waals surface area contributed by atoms with Crippen LogP contribution in [0.4, 0.5) is 0 Å². The smallest absolute Gasteiger partial charge is 0.276 e. The topological polar surface area (TPSA) is 85.5 Å². The maximum atomic E-state index is 12.7. The lowest BCUT2D eigenvalue weighted by Gasteiger charge is -2.18. The molecular formula is C17H23N3O4S2. The van der Waals surface area contributed by atoms with Crippen LogP contribution in [0, 0.1) is 0 Å². The van der Waals surface area contributed by atoms with E-state index in [2.05, 4.69) is 10.2 Å². The predicted octanol–water partition coefficient (Wildman–Crippen LogP) is 3.04. The van der Waals surface area contributed by atoms with Gasteiger partial charge >= 0.3 is 0 Å². The summed E-state index contributed by atoms with van der Waals surface area (Å²) in [5.41, 5.74) is 0.592. The average molecular weight is 398 g/mol. The van der Waals surface area contributed by atoms with Crippen LogP contribution >= 0.6 is 11.8 Å². The third-order valence-corrected chi connectivity index (χ3v) is 7.24. The predicted molar refractivity (Wildman–Crippen MR) is 99.5 cm³/mol. The Labute approximate surface area is 158 Å². The highest BCUT2D eigenvalue weighted by Crippen LogP contribution is 2.28. The first-order valence-electron chi connectivity index (χ1n) is 8.73. The Hall–Kier alpha value is -1.42. The molecule has 3 rings (SSSR count). The molecule has 1 atom stereocenters. The maximum absolute atomic E-state index is 12.7. The minimum absolute atomic E-state index is 0.227. The number of thioether (sulfide) groups is 1. The molecule has 0 bridgehead atoms. The van der Waals surface area contributed by atoms with Crippen molar-refractivity contribution in [2.45, 2.75) is 42.9 Å². The van der Waals surface area contributed by atoms with Crippen molar-refractivity contribution >= 4 is 21.8 Å². The van der Waals surface area contributed by atoms with Gasteiger partial charge in [0.2, 0.25) is 15.9 Å². The Balaban J connectivity index is 1.76. The molecule has 0 N–H and O–H groups in total. The first kappa shape index (κ1) is 19.3. The first-order chi connectivity index (χ1) is 12.5. The van der Waals surface area contributed by atoms with Gasteiger partial charge in [-0.15, -0.1) is 10.2 Å². The molecule has 1 fully saturated rings. The van der Waals surface area contributed by atoms with Crippen LogP contribution in [-0.4, -0.2) is 54.5 Å². The molecule has 0 saturated carbocycles. The van der Waals surface area contributed by atoms with Gasteiger partial charge in [0.15, 0.2) is 0 Å². The summed E-state index contributed by atoms with van der Waals surface area (Å²) in [4.78, 5) is 0.227. The lowest BCUT2D eigenvalue weighted by molar-refractivity contribution is 0.128. The van der Waals surface area contributed by atoms with Crippen molar-refractivity contribution in [1.29, 1.82) is 0 Å². The Morgan fingerprint density at radius 3 is 2.77 bits per heavy atom. The molecule has 2 heterocycles. The molecule has 1 aromatic heterocycles. The van der Waals surface area contributed by atoms with Crippen LogP contribution in [0.15, 0.2) is 38.8 Å². The van der Waals surface area contributed by atoms with Crippen molar-refractivity contribution in [3.05, 3.63) is 24.3 Å². The van der Waals surface area contributed by atoms with Crippen molar-refractivity contribution in [3.8, 4) is 11.5 Å². The zero-order valence-corrected chi connectivity index (χ0v) is 16.6. The molecule has 1 aliphatic heterocycles. The first-order valence-corrected chi connectivity index (χ1v) is 11.2. The number of sulfonamides is 1. The van der Waals surface area contributed by atoms with E-state index in [1.165, 1.54) is 16.1 Å². The molecular weight excluding hydrogens is 374 g/mol. The van der Waals surface area contributed by atoms with Gasteiger partial charge in [0, 0.05) is 31.0 Å². The van der Waals surface area contributed by atoms with Gasteiger partial charge in [-0.3, -0.25) is 0 Å². The normalized spacial score (nSPS) is 17.9. The Kier molecular flexibility index (Phi) is 6.33. The molecule has 1 saturated heterocycles. The summed E-state index contributed by atoms with van der Waals surface area (Å²) in [6.45, 7) is 5.30. The summed E-state index contributed by atoms with van der Waals surface area (Å²) in [7, 11) is -3.52. The molecule has 142 valence electrons. The fourth-order valence-electron chi connectivity index (χ4n) is 2.83. The second-order valence-electron chi connectivity index (χ2n) is 5.94. The summed E-state index contributed by atoms with van der Waals surface area (Å²) in [6.07, 6.45) is 2.38. The Morgan fingerprint density at radius 2 is 2.08 bits per heavy atom. The van der Waals surface area contributed by atoms with Crippen molar-refractivity contribution in [2.75, 3.05) is 25.4 Å². The highest BCUT2D eigenvalue weighted by molar-refractivity contribution is 7.99. The number of hydrogen-bond acceptors (Lipinski definition) is 7. The summed E-state index contributed by atoms with van der Waals surface area (Å²) in [6, 6.07) is 6.62. The van der Waals surface area contributed by atoms with Gasteiger partial charge in [0.05, 0.1) is 11.0 Å². The third-order valence-electron chi connectivity index (χ3n) is 4.25. The zero-order chi connectivity index (χ0) is 18.6. The molecule has 0 unspecified atom stereocenters. The van der Waals surface area contributed by atoms with E-state index in [9.17, 15) is 8.42 Å². The minimum atomic E-state index is -3.52. The van der Waals surface area contributed by atoms with Crippen molar-refractivity contribution < 1.29 is 17.6 Å². The zero-order valence-electron chi connectivity index (χ0n) is 14.9. The van der Waals surface area contributed by atoms with E-state index in [0.717, 1.165) is 25.2 Å². The summed E-state index contributed by atoms with van der Waals surface area (Å²) < 4.78 is 38.0. The standard InChI is InChI=1S/C17H23N3O4S2/c1-3-20(4-2)26(21,22)15-9-5-7-13(11-15)16-18-19-17(24-16)25-12-14-8-6-10-23-14/h5,7,9,11,14H,3-4,6,8,10,12H2,1-2H3/t14-/m1/s1. The molecule has 0 amide bonds. The summed E-state index contributed by atoms with van der Waals surface area (Å²) >= 11 is 1.46. The fourth-order valence-corrected chi connectivity index (χ4v) is 5.16. The molecule has 0 aliphatic carbocycles. The van der Waals surface area contributed by atoms with Crippen molar-refractivity contribution in [3.63, 3.8) is 0 Å². The number of hydrogen-bond donors (Lipinski definition) is 0. The van der Waals surface area contributed by atoms with E-state index in [4.69, 9.17) is 9.15 Å². The van der Waals surface area contributed by atoms with Crippen LogP contribution in [-0.2, 0) is 14.8 Å². The van der Waals surface area contributed by atoms with E-state index in [1.54, 1.807) is 24.3 Å². The van der Waals surface area contributed by atoms with Gasteiger partial charge in [-0.2, -0.15) is 4.31 Å². The van der Waals surface area contributed by atoms with Gasteiger partial charge in [-0.1, -0.05) is 31.7 Å². The molecule has 1 aliphatic rings. The van der Waals surface area contributed by atoms with E-state index < -0.39 is 10.0 Å². The van der Waals surface area contributed by atoms with Crippen LogP contribution in [0.25, 0.3) is 11.5 Å². The van der Waals surface area contributed by atoms with Gasteiger partial charge in [0.1, 0.15) is 0 Å². The number of rotatable bonds is 8. The van der Waals surface area contributed by atoms with Gasteiger partial charge in [-0.25, -0.2) is 8.42 Å². The second kappa shape index (κ2) is 8.51. The number of aromatic nitrogens is 2. The van der Waals surface area contributed by atoms with Crippen LogP contribution in [0.2, 0.25) is 0 Å². The number of ether oxygens (including phenoxy) is 1. The van der Waals surface area contributed by atoms with Gasteiger partial charge in [0.25, 0.3) is 5.22 Å². The molecule has 0 radical (unpaired) electrons. The largest absolute Gasteiger partial charge is 0.411 e. The molecule has 2 aromatic rings. The second-order valence-corrected chi connectivity index (χ2v) is 8.85. The van der Waals surface area contributed by atoms with Crippen LogP contribution in [0.3, 0.4) is 0 Å². The molecule has 0 spiro atoms. The monoisotopic (exact) mass is 397 g/mol. The quantitative estimate of drug-likeness (QED) is 0.633. The Bertz CT molecular complexity index is 828. The van der Waals surface area contributed by atoms with Gasteiger partial charge < -0.3 is 9.15 Å². The summed E-state index contributed by atoms with van der Waals surface area (Å²) in [5.74, 6) is 1.09. The number of nitrogens with zero attached hydrogens (tertiary/aromatic N) is 3. The SMILES string of the molecule is CCN(CC)S(=O)(=O)c1cccc(-c2nnc(SC[C@H]3CCCO3)o2)c1. The average Bonchev–Trinajstić information content (AvgIpc) is 3.33. The van der Waals surface area contributed by atoms with E-state index in [1.807, 2.05) is 13.8 Å². The number of benzene rings is 1. The van der Waals surface area contributed by atoms with Crippen LogP contribution < -0.4 is 0 Å². The highest BCUT2D eigenvalue weighted by atomic mass is 32.2. The Morgan fingerprint density at radius 1 is 1.27 bits per heavy atom. The van der Waals surface area contributed by atoms with Crippen molar-refractivity contribution in [2.24, 2.45) is 0 Å². The molecule has 9 heteroatoms. The van der Waals surface area contributed by atoms with E-state index in [-0.39, 0.29) is 11.0 Å². The van der Waals surface area contributed by atoms with Crippen LogP contribution in [0.1, 0.15) is 26.7 Å². The summed E-state index contributed by atoms with van der Waals surface area (Å²) in [5, 5.41) is 8.56. The van der Waals surface area contributed by atoms with Crippen molar-refractivity contribution in [1.82, 2.24) is 14.5 Å². The lowest BCUT2D eigenvalue weighted by atomic mass is 10.2. The fraction of sp³-hybridized carbons (Fsp3) is 0.529. The molecule has 26 heavy (non-hydrogen) atoms. The van der Waals surface area contributed by atoms with E-state index in [0.29, 0.717) is 29.8 Å². The lowest BCUT2D eigenvalue weighted by Crippen LogP contribution is -2.30. The highest BCUT2D eigenvalue weighted by Gasteiger charge is 2.23. The minimum Gasteiger partial charge on any atom is -0.411 e. The van der Waals surface area contributed by atoms with Crippen LogP contribution in [0.5, 0.6) is 0 Å². The molecule has 7 nitrogen and oxygen atoms in total. The van der Waals surface area contributed by atoms with Gasteiger partial charge in [-0.05, 0) is 31.0 Å².